The predicted molar refractivity (Wildman–Crippen MR) is 68.9 cm³/mol. The molecule has 1 heterocycles. The summed E-state index contributed by atoms with van der Waals surface area (Å²) >= 11 is 0. The van der Waals surface area contributed by atoms with Crippen molar-refractivity contribution in [1.82, 2.24) is 0 Å². The molecule has 4 nitrogen and oxygen atoms in total. The zero-order valence-electron chi connectivity index (χ0n) is 10.6. The lowest BCUT2D eigenvalue weighted by molar-refractivity contribution is -0.169. The van der Waals surface area contributed by atoms with Crippen LogP contribution in [0.25, 0.3) is 0 Å². The molecule has 0 aliphatic carbocycles. The maximum atomic E-state index is 8.59. The van der Waals surface area contributed by atoms with Crippen LogP contribution in [-0.4, -0.2) is 24.3 Å². The minimum absolute atomic E-state index is 0.0756. The summed E-state index contributed by atoms with van der Waals surface area (Å²) in [6.45, 7) is 3.32. The maximum Gasteiger partial charge on any atom is 0.158 e. The number of hydrogen-bond acceptors (Lipinski definition) is 4. The van der Waals surface area contributed by atoms with E-state index in [4.69, 9.17) is 14.7 Å². The molecule has 1 atom stereocenters. The first-order chi connectivity index (χ1) is 8.81. The van der Waals surface area contributed by atoms with Crippen LogP contribution in [0.15, 0.2) is 23.4 Å². The Morgan fingerprint density at radius 3 is 3.11 bits per heavy atom. The van der Waals surface area contributed by atoms with E-state index in [1.54, 1.807) is 0 Å². The van der Waals surface area contributed by atoms with Crippen LogP contribution in [0.2, 0.25) is 0 Å². The van der Waals surface area contributed by atoms with Crippen LogP contribution in [0, 0.1) is 6.92 Å². The van der Waals surface area contributed by atoms with Gasteiger partial charge in [0.15, 0.2) is 6.29 Å². The van der Waals surface area contributed by atoms with Crippen molar-refractivity contribution in [3.8, 4) is 0 Å². The van der Waals surface area contributed by atoms with Crippen molar-refractivity contribution in [3.63, 3.8) is 0 Å². The van der Waals surface area contributed by atoms with Gasteiger partial charge in [-0.2, -0.15) is 0 Å². The first-order valence-electron chi connectivity index (χ1n) is 6.30. The molecule has 0 aromatic heterocycles. The van der Waals surface area contributed by atoms with E-state index >= 15 is 0 Å². The second-order valence-electron chi connectivity index (χ2n) is 4.48. The summed E-state index contributed by atoms with van der Waals surface area (Å²) in [6, 6.07) is 5.87. The molecule has 0 bridgehead atoms. The molecule has 18 heavy (non-hydrogen) atoms. The summed E-state index contributed by atoms with van der Waals surface area (Å²) < 4.78 is 11.3. The fraction of sp³-hybridized carbons (Fsp3) is 0.500. The van der Waals surface area contributed by atoms with E-state index < -0.39 is 0 Å². The zero-order chi connectivity index (χ0) is 12.8. The van der Waals surface area contributed by atoms with Crippen molar-refractivity contribution in [2.45, 2.75) is 39.1 Å². The topological polar surface area (TPSA) is 51.1 Å². The van der Waals surface area contributed by atoms with Crippen LogP contribution in [-0.2, 0) is 16.1 Å². The van der Waals surface area contributed by atoms with E-state index in [1.165, 1.54) is 12.6 Å². The van der Waals surface area contributed by atoms with Crippen molar-refractivity contribution in [1.29, 1.82) is 0 Å². The molecule has 98 valence electrons. The number of hydrogen-bond donors (Lipinski definition) is 1. The van der Waals surface area contributed by atoms with Crippen molar-refractivity contribution in [2.24, 2.45) is 5.16 Å². The minimum atomic E-state index is -0.0756. The summed E-state index contributed by atoms with van der Waals surface area (Å²) in [5.41, 5.74) is 3.08. The summed E-state index contributed by atoms with van der Waals surface area (Å²) in [7, 11) is 0. The standard InChI is InChI=1S/C14H19NO3/c1-11-12(9-15-16)5-4-6-13(11)10-18-14-7-2-3-8-17-14/h4-6,9,14,16H,2-3,7-8,10H2,1H3. The molecule has 0 spiro atoms. The molecule has 1 aliphatic rings. The Kier molecular flexibility index (Phi) is 4.73. The summed E-state index contributed by atoms with van der Waals surface area (Å²) in [4.78, 5) is 0. The largest absolute Gasteiger partial charge is 0.411 e. The van der Waals surface area contributed by atoms with Crippen LogP contribution in [0.5, 0.6) is 0 Å². The molecule has 1 saturated heterocycles. The van der Waals surface area contributed by atoms with Gasteiger partial charge in [0.1, 0.15) is 0 Å². The van der Waals surface area contributed by atoms with Gasteiger partial charge < -0.3 is 14.7 Å². The number of rotatable bonds is 4. The molecule has 4 heteroatoms. The van der Waals surface area contributed by atoms with Gasteiger partial charge in [0.05, 0.1) is 12.8 Å². The van der Waals surface area contributed by atoms with Gasteiger partial charge in [0.25, 0.3) is 0 Å². The lowest BCUT2D eigenvalue weighted by atomic mass is 10.0. The lowest BCUT2D eigenvalue weighted by Crippen LogP contribution is -2.22. The predicted octanol–water partition coefficient (Wildman–Crippen LogP) is 2.85. The second kappa shape index (κ2) is 6.52. The Hall–Kier alpha value is -1.39. The van der Waals surface area contributed by atoms with Crippen molar-refractivity contribution >= 4 is 6.21 Å². The van der Waals surface area contributed by atoms with Crippen molar-refractivity contribution < 1.29 is 14.7 Å². The highest BCUT2D eigenvalue weighted by Gasteiger charge is 2.14. The highest BCUT2D eigenvalue weighted by atomic mass is 16.7. The fourth-order valence-electron chi connectivity index (χ4n) is 2.09. The van der Waals surface area contributed by atoms with Gasteiger partial charge in [-0.15, -0.1) is 0 Å². The highest BCUT2D eigenvalue weighted by molar-refractivity contribution is 5.81. The number of oxime groups is 1. The molecule has 2 rings (SSSR count). The first-order valence-corrected chi connectivity index (χ1v) is 6.30. The van der Waals surface area contributed by atoms with Gasteiger partial charge in [-0.1, -0.05) is 23.4 Å². The van der Waals surface area contributed by atoms with Crippen molar-refractivity contribution in [2.75, 3.05) is 6.61 Å². The summed E-state index contributed by atoms with van der Waals surface area (Å²) in [5, 5.41) is 11.7. The van der Waals surface area contributed by atoms with E-state index in [9.17, 15) is 0 Å². The molecule has 1 unspecified atom stereocenters. The first kappa shape index (κ1) is 13.1. The molecular weight excluding hydrogens is 230 g/mol. The van der Waals surface area contributed by atoms with E-state index in [-0.39, 0.29) is 6.29 Å². The molecule has 0 radical (unpaired) electrons. The third-order valence-corrected chi connectivity index (χ3v) is 3.25. The Morgan fingerprint density at radius 2 is 2.39 bits per heavy atom. The van der Waals surface area contributed by atoms with Gasteiger partial charge in [-0.3, -0.25) is 0 Å². The van der Waals surface area contributed by atoms with E-state index in [0.29, 0.717) is 6.61 Å². The molecule has 0 amide bonds. The molecule has 1 aromatic carbocycles. The number of benzene rings is 1. The SMILES string of the molecule is Cc1c(C=NO)cccc1COC1CCCCO1. The van der Waals surface area contributed by atoms with Gasteiger partial charge in [-0.25, -0.2) is 0 Å². The third-order valence-electron chi connectivity index (χ3n) is 3.25. The molecule has 0 saturated carbocycles. The lowest BCUT2D eigenvalue weighted by Gasteiger charge is -2.23. The van der Waals surface area contributed by atoms with Crippen LogP contribution < -0.4 is 0 Å². The maximum absolute atomic E-state index is 8.59. The monoisotopic (exact) mass is 249 g/mol. The van der Waals surface area contributed by atoms with Gasteiger partial charge in [-0.05, 0) is 42.9 Å². The Balaban J connectivity index is 1.98. The normalized spacial score (nSPS) is 20.4. The van der Waals surface area contributed by atoms with Crippen molar-refractivity contribution in [3.05, 3.63) is 34.9 Å². The van der Waals surface area contributed by atoms with Gasteiger partial charge in [0.2, 0.25) is 0 Å². The third kappa shape index (κ3) is 3.31. The van der Waals surface area contributed by atoms with Crippen LogP contribution >= 0.6 is 0 Å². The van der Waals surface area contributed by atoms with Crippen LogP contribution in [0.3, 0.4) is 0 Å². The van der Waals surface area contributed by atoms with Crippen LogP contribution in [0.1, 0.15) is 36.0 Å². The van der Waals surface area contributed by atoms with Gasteiger partial charge in [0, 0.05) is 6.61 Å². The summed E-state index contributed by atoms with van der Waals surface area (Å²) in [6.07, 6.45) is 4.63. The molecule has 1 fully saturated rings. The number of ether oxygens (including phenoxy) is 2. The summed E-state index contributed by atoms with van der Waals surface area (Å²) in [5.74, 6) is 0. The molecule has 1 aliphatic heterocycles. The van der Waals surface area contributed by atoms with E-state index in [2.05, 4.69) is 5.16 Å². The number of nitrogens with zero attached hydrogens (tertiary/aromatic N) is 1. The van der Waals surface area contributed by atoms with E-state index in [0.717, 1.165) is 36.1 Å². The Labute approximate surface area is 107 Å². The Morgan fingerprint density at radius 1 is 1.50 bits per heavy atom. The second-order valence-corrected chi connectivity index (χ2v) is 4.48. The molecular formula is C14H19NO3. The zero-order valence-corrected chi connectivity index (χ0v) is 10.6. The highest BCUT2D eigenvalue weighted by Crippen LogP contribution is 2.18. The molecule has 1 N–H and O–H groups in total. The Bertz CT molecular complexity index is 412. The molecule has 1 aromatic rings. The van der Waals surface area contributed by atoms with Gasteiger partial charge >= 0.3 is 0 Å². The average Bonchev–Trinajstić information content (AvgIpc) is 2.41. The minimum Gasteiger partial charge on any atom is -0.411 e. The smallest absolute Gasteiger partial charge is 0.158 e. The quantitative estimate of drug-likeness (QED) is 0.507. The fourth-order valence-corrected chi connectivity index (χ4v) is 2.09. The van der Waals surface area contributed by atoms with E-state index in [1.807, 2.05) is 25.1 Å². The van der Waals surface area contributed by atoms with Crippen LogP contribution in [0.4, 0.5) is 0 Å². The average molecular weight is 249 g/mol.